The number of hydrogen-bond donors (Lipinski definition) is 7. The molecule has 14 heteroatoms. The number of ketones is 1. The predicted molar refractivity (Wildman–Crippen MR) is 146 cm³/mol. The molecular weight excluding hydrogens is 659 g/mol. The van der Waals surface area contributed by atoms with E-state index in [1.54, 1.807) is 12.1 Å². The number of phenols is 2. The van der Waals surface area contributed by atoms with Gasteiger partial charge in [0.15, 0.2) is 18.2 Å². The highest BCUT2D eigenvalue weighted by Crippen LogP contribution is 2.43. The number of carbonyl (C=O) groups is 1. The van der Waals surface area contributed by atoms with Gasteiger partial charge in [0, 0.05) is 12.1 Å². The summed E-state index contributed by atoms with van der Waals surface area (Å²) >= 11 is 1.84. The normalized spacial score (nSPS) is 37.2. The van der Waals surface area contributed by atoms with E-state index in [-0.39, 0.29) is 35.0 Å². The first kappa shape index (κ1) is 30.2. The minimum absolute atomic E-state index is 0.0239. The van der Waals surface area contributed by atoms with E-state index in [1.807, 2.05) is 22.6 Å². The van der Waals surface area contributed by atoms with Crippen LogP contribution in [0.2, 0.25) is 0 Å². The zero-order valence-corrected chi connectivity index (χ0v) is 23.8. The molecule has 2 aromatic rings. The van der Waals surface area contributed by atoms with Crippen molar-refractivity contribution in [3.8, 4) is 23.0 Å². The van der Waals surface area contributed by atoms with Crippen LogP contribution < -0.4 is 9.47 Å². The largest absolute Gasteiger partial charge is 0.508 e. The zero-order valence-electron chi connectivity index (χ0n) is 21.7. The molecule has 0 bridgehead atoms. The molecule has 0 spiro atoms. The molecule has 2 saturated heterocycles. The van der Waals surface area contributed by atoms with Crippen molar-refractivity contribution in [3.63, 3.8) is 0 Å². The second kappa shape index (κ2) is 12.1. The number of aromatic hydroxyl groups is 2. The fraction of sp³-hybridized carbons (Fsp3) is 0.519. The number of phenolic OH excluding ortho intramolecular Hbond substituents is 2. The molecule has 2 fully saturated rings. The van der Waals surface area contributed by atoms with Crippen LogP contribution in [-0.2, 0) is 14.2 Å². The molecule has 13 nitrogen and oxygen atoms in total. The molecule has 0 amide bonds. The summed E-state index contributed by atoms with van der Waals surface area (Å²) in [5.74, 6) is -0.766. The van der Waals surface area contributed by atoms with E-state index in [2.05, 4.69) is 0 Å². The number of fused-ring (bicyclic) bond motifs is 1. The molecule has 3 aliphatic heterocycles. The summed E-state index contributed by atoms with van der Waals surface area (Å²) in [5.41, 5.74) is 0.584. The SMILES string of the molecule is C[C@@H]1OC(O[C@H]2C(O)[C@H](O)C(CO)O[C@H]2Oc2cc(O)c3c(c2)O[C@H](c2ccc(O)cc2)CC3=O)[C@H](I)C(O)[C@H]1O. The van der Waals surface area contributed by atoms with Crippen molar-refractivity contribution < 1.29 is 64.2 Å². The Morgan fingerprint density at radius 1 is 0.951 bits per heavy atom. The van der Waals surface area contributed by atoms with Gasteiger partial charge in [-0.15, -0.1) is 0 Å². The monoisotopic (exact) mass is 690 g/mol. The van der Waals surface area contributed by atoms with Crippen LogP contribution in [0.3, 0.4) is 0 Å². The first-order valence-electron chi connectivity index (χ1n) is 12.9. The van der Waals surface area contributed by atoms with Gasteiger partial charge in [0.05, 0.1) is 29.2 Å². The molecule has 0 aliphatic carbocycles. The molecule has 2 aromatic carbocycles. The minimum atomic E-state index is -1.64. The Labute approximate surface area is 247 Å². The summed E-state index contributed by atoms with van der Waals surface area (Å²) in [5, 5.41) is 71.9. The van der Waals surface area contributed by atoms with Crippen molar-refractivity contribution in [2.24, 2.45) is 0 Å². The van der Waals surface area contributed by atoms with E-state index in [0.29, 0.717) is 5.56 Å². The van der Waals surface area contributed by atoms with Gasteiger partial charge >= 0.3 is 0 Å². The third-order valence-corrected chi connectivity index (χ3v) is 8.70. The maximum atomic E-state index is 12.9. The first-order chi connectivity index (χ1) is 19.5. The van der Waals surface area contributed by atoms with Crippen molar-refractivity contribution >= 4 is 28.4 Å². The molecule has 7 N–H and O–H groups in total. The molecular formula is C27H31IO13. The Hall–Kier alpha value is -2.28. The van der Waals surface area contributed by atoms with E-state index in [9.17, 15) is 40.5 Å². The van der Waals surface area contributed by atoms with Gasteiger partial charge in [0.2, 0.25) is 6.29 Å². The Morgan fingerprint density at radius 2 is 1.66 bits per heavy atom. The lowest BCUT2D eigenvalue weighted by Gasteiger charge is -2.45. The number of rotatable bonds is 6. The number of hydrogen-bond acceptors (Lipinski definition) is 13. The van der Waals surface area contributed by atoms with Crippen molar-refractivity contribution in [2.75, 3.05) is 6.61 Å². The van der Waals surface area contributed by atoms with Gasteiger partial charge in [-0.25, -0.2) is 0 Å². The van der Waals surface area contributed by atoms with E-state index in [1.165, 1.54) is 25.1 Å². The number of carbonyl (C=O) groups excluding carboxylic acids is 1. The quantitative estimate of drug-likeness (QED) is 0.161. The molecule has 41 heavy (non-hydrogen) atoms. The van der Waals surface area contributed by atoms with Crippen LogP contribution >= 0.6 is 22.6 Å². The Morgan fingerprint density at radius 3 is 2.34 bits per heavy atom. The fourth-order valence-electron chi connectivity index (χ4n) is 5.04. The van der Waals surface area contributed by atoms with Crippen LogP contribution in [0.15, 0.2) is 36.4 Å². The Kier molecular flexibility index (Phi) is 8.94. The van der Waals surface area contributed by atoms with Crippen molar-refractivity contribution in [2.45, 2.75) is 78.7 Å². The molecule has 3 aliphatic rings. The Bertz CT molecular complexity index is 1240. The van der Waals surface area contributed by atoms with E-state index in [0.717, 1.165) is 6.07 Å². The maximum Gasteiger partial charge on any atom is 0.229 e. The third-order valence-electron chi connectivity index (χ3n) is 7.37. The van der Waals surface area contributed by atoms with Crippen molar-refractivity contribution in [1.82, 2.24) is 0 Å². The highest BCUT2D eigenvalue weighted by Gasteiger charge is 2.50. The molecule has 11 atom stereocenters. The number of benzene rings is 2. The zero-order chi connectivity index (χ0) is 29.6. The van der Waals surface area contributed by atoms with Gasteiger partial charge in [0.25, 0.3) is 0 Å². The van der Waals surface area contributed by atoms with Crippen LogP contribution in [0.4, 0.5) is 0 Å². The van der Waals surface area contributed by atoms with Crippen LogP contribution in [-0.4, -0.2) is 107 Å². The topological polar surface area (TPSA) is 205 Å². The standard InChI is InChI=1S/C27H31IO13/c1-10-21(33)23(35)20(28)26(37-10)41-25-24(36)22(34)18(9-29)40-27(25)38-13-6-14(31)19-15(32)8-16(39-17(19)7-13)11-2-4-12(30)5-3-11/h2-7,10,16,18,20-27,29-31,33-36H,8-9H2,1H3/t10-,16-,18?,20+,21-,22+,23?,24?,25-,26?,27+/m0/s1. The second-order valence-electron chi connectivity index (χ2n) is 10.2. The predicted octanol–water partition coefficient (Wildman–Crippen LogP) is 0.277. The molecule has 5 rings (SSSR count). The summed E-state index contributed by atoms with van der Waals surface area (Å²) in [6.07, 6.45) is -12.5. The van der Waals surface area contributed by atoms with Gasteiger partial charge in [-0.05, 0) is 24.6 Å². The number of alkyl halides is 1. The van der Waals surface area contributed by atoms with Crippen LogP contribution in [0.5, 0.6) is 23.0 Å². The van der Waals surface area contributed by atoms with E-state index < -0.39 is 77.7 Å². The van der Waals surface area contributed by atoms with Gasteiger partial charge in [-0.2, -0.15) is 0 Å². The molecule has 3 heterocycles. The summed E-state index contributed by atoms with van der Waals surface area (Å²) in [6.45, 7) is 0.872. The van der Waals surface area contributed by atoms with Crippen LogP contribution in [0.25, 0.3) is 0 Å². The molecule has 224 valence electrons. The van der Waals surface area contributed by atoms with Gasteiger partial charge < -0.3 is 59.4 Å². The van der Waals surface area contributed by atoms with Crippen molar-refractivity contribution in [3.05, 3.63) is 47.5 Å². The average molecular weight is 690 g/mol. The van der Waals surface area contributed by atoms with Gasteiger partial charge in [-0.3, -0.25) is 4.79 Å². The molecule has 0 saturated carbocycles. The van der Waals surface area contributed by atoms with Crippen LogP contribution in [0.1, 0.15) is 35.4 Å². The second-order valence-corrected chi connectivity index (χ2v) is 11.6. The lowest BCUT2D eigenvalue weighted by Crippen LogP contribution is -2.63. The molecule has 4 unspecified atom stereocenters. The lowest BCUT2D eigenvalue weighted by atomic mass is 9.95. The summed E-state index contributed by atoms with van der Waals surface area (Å²) in [4.78, 5) is 12.9. The van der Waals surface area contributed by atoms with Crippen LogP contribution in [0, 0.1) is 0 Å². The Balaban J connectivity index is 1.41. The summed E-state index contributed by atoms with van der Waals surface area (Å²) in [6, 6.07) is 8.67. The van der Waals surface area contributed by atoms with Crippen molar-refractivity contribution in [1.29, 1.82) is 0 Å². The van der Waals surface area contributed by atoms with E-state index in [4.69, 9.17) is 23.7 Å². The number of aliphatic hydroxyl groups excluding tert-OH is 5. The van der Waals surface area contributed by atoms with Gasteiger partial charge in [-0.1, -0.05) is 34.7 Å². The minimum Gasteiger partial charge on any atom is -0.508 e. The first-order valence-corrected chi connectivity index (χ1v) is 14.2. The summed E-state index contributed by atoms with van der Waals surface area (Å²) < 4.78 is 28.5. The number of Topliss-reactive ketones (excluding diaryl/α,β-unsaturated/α-hetero) is 1. The fourth-order valence-corrected chi connectivity index (χ4v) is 5.81. The number of aliphatic hydroxyl groups is 5. The van der Waals surface area contributed by atoms with E-state index >= 15 is 0 Å². The number of halogens is 1. The third kappa shape index (κ3) is 5.98. The summed E-state index contributed by atoms with van der Waals surface area (Å²) in [7, 11) is 0. The maximum absolute atomic E-state index is 12.9. The smallest absolute Gasteiger partial charge is 0.229 e. The molecule has 0 aromatic heterocycles. The average Bonchev–Trinajstić information content (AvgIpc) is 2.94. The lowest BCUT2D eigenvalue weighted by molar-refractivity contribution is -0.332. The molecule has 0 radical (unpaired) electrons. The van der Waals surface area contributed by atoms with Gasteiger partial charge in [0.1, 0.15) is 59.1 Å². The highest BCUT2D eigenvalue weighted by atomic mass is 127. The highest BCUT2D eigenvalue weighted by molar-refractivity contribution is 14.1. The number of ether oxygens (including phenoxy) is 5.